The van der Waals surface area contributed by atoms with Gasteiger partial charge in [-0.05, 0) is 23.8 Å². The number of hydrogen-bond donors (Lipinski definition) is 1. The maximum atomic E-state index is 10.6. The molecule has 7 nitrogen and oxygen atoms in total. The first kappa shape index (κ1) is 13.7. The smallest absolute Gasteiger partial charge is 0.223 e. The molecule has 0 saturated heterocycles. The van der Waals surface area contributed by atoms with Crippen molar-refractivity contribution in [2.75, 3.05) is 7.11 Å². The summed E-state index contributed by atoms with van der Waals surface area (Å²) in [6.45, 7) is 0. The minimum Gasteiger partial charge on any atom is -0.493 e. The second-order valence-corrected chi connectivity index (χ2v) is 4.45. The van der Waals surface area contributed by atoms with E-state index in [1.807, 2.05) is 0 Å². The number of aromatic nitrogens is 4. The Morgan fingerprint density at radius 1 is 1.23 bits per heavy atom. The van der Waals surface area contributed by atoms with Gasteiger partial charge in [-0.15, -0.1) is 0 Å². The summed E-state index contributed by atoms with van der Waals surface area (Å²) in [5.74, 6) is 0.799. The lowest BCUT2D eigenvalue weighted by Gasteiger charge is -2.04. The zero-order valence-corrected chi connectivity index (χ0v) is 11.7. The molecule has 3 rings (SSSR count). The fraction of sp³-hybridized carbons (Fsp3) is 0.0667. The molecule has 0 radical (unpaired) electrons. The third-order valence-corrected chi connectivity index (χ3v) is 3.12. The summed E-state index contributed by atoms with van der Waals surface area (Å²) >= 11 is 0. The minimum atomic E-state index is -0.0559. The number of rotatable bonds is 4. The molecule has 3 aromatic heterocycles. The van der Waals surface area contributed by atoms with E-state index in [0.717, 1.165) is 5.56 Å². The van der Waals surface area contributed by atoms with E-state index in [-0.39, 0.29) is 5.88 Å². The van der Waals surface area contributed by atoms with Gasteiger partial charge in [-0.2, -0.15) is 9.78 Å². The summed E-state index contributed by atoms with van der Waals surface area (Å²) in [6.07, 6.45) is 5.23. The molecule has 0 unspecified atom stereocenters. The maximum Gasteiger partial charge on any atom is 0.223 e. The van der Waals surface area contributed by atoms with E-state index in [2.05, 4.69) is 15.1 Å². The second-order valence-electron chi connectivity index (χ2n) is 4.45. The van der Waals surface area contributed by atoms with Gasteiger partial charge < -0.3 is 9.84 Å². The number of carbonyl (C=O) groups is 1. The Balaban J connectivity index is 2.02. The van der Waals surface area contributed by atoms with Crippen molar-refractivity contribution >= 4 is 6.29 Å². The summed E-state index contributed by atoms with van der Waals surface area (Å²) in [5, 5.41) is 14.5. The fourth-order valence-electron chi connectivity index (χ4n) is 1.99. The van der Waals surface area contributed by atoms with Crippen LogP contribution >= 0.6 is 0 Å². The molecule has 0 aliphatic carbocycles. The number of hydrogen-bond acceptors (Lipinski definition) is 6. The van der Waals surface area contributed by atoms with Crippen molar-refractivity contribution in [2.45, 2.75) is 0 Å². The van der Waals surface area contributed by atoms with Crippen LogP contribution in [0.25, 0.3) is 16.9 Å². The summed E-state index contributed by atoms with van der Waals surface area (Å²) in [6, 6.07) is 6.65. The zero-order chi connectivity index (χ0) is 15.5. The van der Waals surface area contributed by atoms with Gasteiger partial charge in [0.15, 0.2) is 12.1 Å². The number of carbonyl (C=O) groups excluding carboxylic acids is 1. The minimum absolute atomic E-state index is 0.0559. The predicted octanol–water partition coefficient (Wildman–Crippen LogP) is 1.86. The second kappa shape index (κ2) is 5.65. The van der Waals surface area contributed by atoms with Crippen LogP contribution in [0.2, 0.25) is 0 Å². The number of aromatic hydroxyl groups is 1. The third-order valence-electron chi connectivity index (χ3n) is 3.12. The summed E-state index contributed by atoms with van der Waals surface area (Å²) in [4.78, 5) is 18.8. The van der Waals surface area contributed by atoms with E-state index in [4.69, 9.17) is 4.74 Å². The molecule has 0 fully saturated rings. The predicted molar refractivity (Wildman–Crippen MR) is 78.2 cm³/mol. The van der Waals surface area contributed by atoms with E-state index in [1.165, 1.54) is 24.2 Å². The number of nitrogens with zero attached hydrogens (tertiary/aromatic N) is 4. The van der Waals surface area contributed by atoms with E-state index in [1.54, 1.807) is 30.5 Å². The Morgan fingerprint density at radius 3 is 2.77 bits per heavy atom. The molecule has 22 heavy (non-hydrogen) atoms. The first-order chi connectivity index (χ1) is 10.7. The molecule has 0 aliphatic heterocycles. The van der Waals surface area contributed by atoms with Crippen LogP contribution < -0.4 is 4.74 Å². The fourth-order valence-corrected chi connectivity index (χ4v) is 1.99. The van der Waals surface area contributed by atoms with Gasteiger partial charge in [0.1, 0.15) is 0 Å². The molecule has 7 heteroatoms. The Kier molecular flexibility index (Phi) is 3.53. The molecule has 3 heterocycles. The van der Waals surface area contributed by atoms with Gasteiger partial charge in [0, 0.05) is 24.0 Å². The van der Waals surface area contributed by atoms with Crippen LogP contribution in [0.5, 0.6) is 11.8 Å². The van der Waals surface area contributed by atoms with Crippen molar-refractivity contribution in [1.29, 1.82) is 0 Å². The van der Waals surface area contributed by atoms with Crippen molar-refractivity contribution in [3.8, 4) is 28.7 Å². The first-order valence-electron chi connectivity index (χ1n) is 6.42. The highest BCUT2D eigenvalue weighted by molar-refractivity contribution is 5.74. The normalized spacial score (nSPS) is 10.4. The molecule has 110 valence electrons. The van der Waals surface area contributed by atoms with Crippen molar-refractivity contribution in [2.24, 2.45) is 0 Å². The molecular formula is C15H12N4O3. The average Bonchev–Trinajstić information content (AvgIpc) is 2.96. The van der Waals surface area contributed by atoms with Gasteiger partial charge in [-0.25, -0.2) is 9.97 Å². The van der Waals surface area contributed by atoms with Crippen molar-refractivity contribution in [3.63, 3.8) is 0 Å². The molecule has 3 aromatic rings. The molecule has 0 amide bonds. The monoisotopic (exact) mass is 296 g/mol. The van der Waals surface area contributed by atoms with Crippen LogP contribution in [0.15, 0.2) is 42.9 Å². The van der Waals surface area contributed by atoms with Crippen molar-refractivity contribution in [1.82, 2.24) is 19.7 Å². The maximum absolute atomic E-state index is 10.6. The lowest BCUT2D eigenvalue weighted by molar-refractivity contribution is 0.112. The quantitative estimate of drug-likeness (QED) is 0.739. The summed E-state index contributed by atoms with van der Waals surface area (Å²) in [5.41, 5.74) is 1.71. The number of aldehydes is 1. The van der Waals surface area contributed by atoms with Gasteiger partial charge in [0.05, 0.1) is 18.9 Å². The van der Waals surface area contributed by atoms with E-state index >= 15 is 0 Å². The van der Waals surface area contributed by atoms with Crippen LogP contribution in [0.3, 0.4) is 0 Å². The lowest BCUT2D eigenvalue weighted by atomic mass is 10.1. The van der Waals surface area contributed by atoms with Crippen LogP contribution in [-0.2, 0) is 0 Å². The third kappa shape index (κ3) is 2.39. The van der Waals surface area contributed by atoms with Gasteiger partial charge in [0.2, 0.25) is 11.8 Å². The summed E-state index contributed by atoms with van der Waals surface area (Å²) < 4.78 is 6.36. The van der Waals surface area contributed by atoms with Gasteiger partial charge in [-0.1, -0.05) is 0 Å². The highest BCUT2D eigenvalue weighted by Gasteiger charge is 2.14. The Bertz CT molecular complexity index is 812. The average molecular weight is 296 g/mol. The Labute approximate surface area is 125 Å². The molecule has 0 aromatic carbocycles. The van der Waals surface area contributed by atoms with Gasteiger partial charge in [-0.3, -0.25) is 4.79 Å². The van der Waals surface area contributed by atoms with E-state index in [0.29, 0.717) is 29.1 Å². The summed E-state index contributed by atoms with van der Waals surface area (Å²) in [7, 11) is 1.52. The Morgan fingerprint density at radius 2 is 2.09 bits per heavy atom. The van der Waals surface area contributed by atoms with Crippen LogP contribution in [0, 0.1) is 0 Å². The van der Waals surface area contributed by atoms with Gasteiger partial charge >= 0.3 is 0 Å². The van der Waals surface area contributed by atoms with Crippen LogP contribution in [-0.4, -0.2) is 38.3 Å². The zero-order valence-electron chi connectivity index (χ0n) is 11.7. The SMILES string of the molecule is COc1cc(-c2cnn(-c3ccc(C=O)cn3)c2O)ccn1. The topological polar surface area (TPSA) is 90.1 Å². The highest BCUT2D eigenvalue weighted by atomic mass is 16.5. The highest BCUT2D eigenvalue weighted by Crippen LogP contribution is 2.31. The van der Waals surface area contributed by atoms with Gasteiger partial charge in [0.25, 0.3) is 0 Å². The standard InChI is InChI=1S/C15H12N4O3/c1-22-14-6-11(4-5-16-14)12-8-18-19(15(12)21)13-3-2-10(9-20)7-17-13/h2-9,21H,1H3. The van der Waals surface area contributed by atoms with Crippen molar-refractivity contribution in [3.05, 3.63) is 48.4 Å². The van der Waals surface area contributed by atoms with E-state index in [9.17, 15) is 9.90 Å². The first-order valence-corrected chi connectivity index (χ1v) is 6.42. The number of pyridine rings is 2. The molecule has 0 spiro atoms. The Hall–Kier alpha value is -3.22. The largest absolute Gasteiger partial charge is 0.493 e. The lowest BCUT2D eigenvalue weighted by Crippen LogP contribution is -1.99. The molecule has 0 aliphatic rings. The molecular weight excluding hydrogens is 284 g/mol. The van der Waals surface area contributed by atoms with Crippen LogP contribution in [0.4, 0.5) is 0 Å². The molecule has 0 saturated carbocycles. The van der Waals surface area contributed by atoms with E-state index < -0.39 is 0 Å². The molecule has 0 atom stereocenters. The van der Waals surface area contributed by atoms with Crippen LogP contribution in [0.1, 0.15) is 10.4 Å². The number of ether oxygens (including phenoxy) is 1. The molecule has 0 bridgehead atoms. The number of methoxy groups -OCH3 is 1. The van der Waals surface area contributed by atoms with Crippen molar-refractivity contribution < 1.29 is 14.6 Å². The molecule has 1 N–H and O–H groups in total.